The van der Waals surface area contributed by atoms with Crippen LogP contribution in [0.2, 0.25) is 0 Å². The van der Waals surface area contributed by atoms with Crippen LogP contribution in [0.1, 0.15) is 23.6 Å². The molecule has 0 heterocycles. The van der Waals surface area contributed by atoms with Crippen molar-refractivity contribution in [1.29, 1.82) is 0 Å². The Balaban J connectivity index is 2.18. The molecular formula is C21H27O4P. The fraction of sp³-hybridized carbons (Fsp3) is 0.381. The number of hydrogen-bond donors (Lipinski definition) is 0. The number of esters is 1. The quantitative estimate of drug-likeness (QED) is 0.520. The Labute approximate surface area is 155 Å². The first kappa shape index (κ1) is 20.3. The van der Waals surface area contributed by atoms with Crippen molar-refractivity contribution in [2.24, 2.45) is 0 Å². The van der Waals surface area contributed by atoms with Crippen molar-refractivity contribution in [3.05, 3.63) is 59.2 Å². The molecule has 0 atom stereocenters. The molecule has 0 spiro atoms. The van der Waals surface area contributed by atoms with Crippen molar-refractivity contribution >= 4 is 18.4 Å². The van der Waals surface area contributed by atoms with Crippen molar-refractivity contribution in [1.82, 2.24) is 0 Å². The van der Waals surface area contributed by atoms with E-state index in [4.69, 9.17) is 9.47 Å². The van der Waals surface area contributed by atoms with Crippen molar-refractivity contribution in [3.63, 3.8) is 0 Å². The van der Waals surface area contributed by atoms with Gasteiger partial charge in [-0.2, -0.15) is 0 Å². The molecule has 2 aromatic rings. The second kappa shape index (κ2) is 9.05. The Morgan fingerprint density at radius 3 is 2.23 bits per heavy atom. The van der Waals surface area contributed by atoms with Gasteiger partial charge >= 0.3 is 5.97 Å². The lowest BCUT2D eigenvalue weighted by molar-refractivity contribution is -0.142. The number of ether oxygens (including phenoxy) is 2. The maximum Gasteiger partial charge on any atom is 0.310 e. The van der Waals surface area contributed by atoms with Crippen LogP contribution >= 0.6 is 7.14 Å². The lowest BCUT2D eigenvalue weighted by Gasteiger charge is -2.15. The van der Waals surface area contributed by atoms with E-state index in [2.05, 4.69) is 0 Å². The molecule has 0 fully saturated rings. The Kier molecular flexibility index (Phi) is 7.05. The third kappa shape index (κ3) is 5.74. The summed E-state index contributed by atoms with van der Waals surface area (Å²) < 4.78 is 23.0. The zero-order chi connectivity index (χ0) is 19.2. The molecule has 0 saturated heterocycles. The molecule has 2 aromatic carbocycles. The smallest absolute Gasteiger partial charge is 0.310 e. The normalized spacial score (nSPS) is 11.2. The van der Waals surface area contributed by atoms with Gasteiger partial charge in [0.2, 0.25) is 0 Å². The average Bonchev–Trinajstić information content (AvgIpc) is 2.60. The van der Waals surface area contributed by atoms with Gasteiger partial charge in [-0.1, -0.05) is 24.3 Å². The second-order valence-corrected chi connectivity index (χ2v) is 9.83. The Hall–Kier alpha value is -2.06. The van der Waals surface area contributed by atoms with E-state index in [1.807, 2.05) is 42.5 Å². The number of rotatable bonds is 8. The highest BCUT2D eigenvalue weighted by atomic mass is 31.2. The number of methoxy groups -OCH3 is 1. The number of benzene rings is 2. The summed E-state index contributed by atoms with van der Waals surface area (Å²) in [5.74, 6) is 0.579. The van der Waals surface area contributed by atoms with Crippen LogP contribution < -0.4 is 10.0 Å². The molecule has 5 heteroatoms. The summed E-state index contributed by atoms with van der Waals surface area (Å²) in [6.45, 7) is 5.70. The van der Waals surface area contributed by atoms with E-state index < -0.39 is 7.14 Å². The monoisotopic (exact) mass is 374 g/mol. The van der Waals surface area contributed by atoms with Gasteiger partial charge in [-0.3, -0.25) is 4.79 Å². The molecule has 0 bridgehead atoms. The molecule has 0 unspecified atom stereocenters. The van der Waals surface area contributed by atoms with E-state index in [-0.39, 0.29) is 12.4 Å². The molecule has 4 nitrogen and oxygen atoms in total. The predicted octanol–water partition coefficient (Wildman–Crippen LogP) is 3.83. The zero-order valence-electron chi connectivity index (χ0n) is 16.0. The highest BCUT2D eigenvalue weighted by Crippen LogP contribution is 2.36. The van der Waals surface area contributed by atoms with Crippen LogP contribution in [0.5, 0.6) is 5.75 Å². The lowest BCUT2D eigenvalue weighted by atomic mass is 10.0. The van der Waals surface area contributed by atoms with Gasteiger partial charge in [0.05, 0.1) is 20.1 Å². The van der Waals surface area contributed by atoms with Gasteiger partial charge < -0.3 is 14.0 Å². The van der Waals surface area contributed by atoms with E-state index in [0.29, 0.717) is 6.61 Å². The van der Waals surface area contributed by atoms with Crippen molar-refractivity contribution < 1.29 is 18.8 Å². The van der Waals surface area contributed by atoms with Crippen LogP contribution in [0.4, 0.5) is 0 Å². The standard InChI is InChI=1S/C21H27O4P/c1-5-25-21(22)15-17-7-11-18(20(14-17)26(3,4)23)10-6-16-8-12-19(24-2)13-9-16/h7-9,11-14H,5-6,10,15H2,1-4H3. The third-order valence-electron chi connectivity index (χ3n) is 4.23. The summed E-state index contributed by atoms with van der Waals surface area (Å²) in [7, 11) is -0.796. The minimum Gasteiger partial charge on any atom is -0.497 e. The predicted molar refractivity (Wildman–Crippen MR) is 106 cm³/mol. The fourth-order valence-electron chi connectivity index (χ4n) is 2.88. The van der Waals surface area contributed by atoms with E-state index >= 15 is 0 Å². The number of carbonyl (C=O) groups excluding carboxylic acids is 1. The van der Waals surface area contributed by atoms with Crippen molar-refractivity contribution in [2.45, 2.75) is 26.2 Å². The molecule has 0 saturated carbocycles. The minimum absolute atomic E-state index is 0.208. The summed E-state index contributed by atoms with van der Waals surface area (Å²) >= 11 is 0. The van der Waals surface area contributed by atoms with Crippen LogP contribution in [0.3, 0.4) is 0 Å². The first-order chi connectivity index (χ1) is 12.3. The molecule has 0 aliphatic heterocycles. The van der Waals surface area contributed by atoms with E-state index in [0.717, 1.165) is 35.0 Å². The van der Waals surface area contributed by atoms with Crippen LogP contribution in [0.15, 0.2) is 42.5 Å². The molecule has 0 aromatic heterocycles. The maximum atomic E-state index is 12.8. The number of aryl methyl sites for hydroxylation is 2. The van der Waals surface area contributed by atoms with Crippen LogP contribution in [0, 0.1) is 0 Å². The van der Waals surface area contributed by atoms with Gasteiger partial charge in [-0.15, -0.1) is 0 Å². The van der Waals surface area contributed by atoms with E-state index in [1.165, 1.54) is 5.56 Å². The van der Waals surface area contributed by atoms with Gasteiger partial charge in [0.15, 0.2) is 0 Å². The first-order valence-corrected chi connectivity index (χ1v) is 11.4. The van der Waals surface area contributed by atoms with Crippen LogP contribution in [-0.2, 0) is 33.4 Å². The van der Waals surface area contributed by atoms with Crippen LogP contribution in [-0.4, -0.2) is 33.0 Å². The van der Waals surface area contributed by atoms with E-state index in [9.17, 15) is 9.36 Å². The lowest BCUT2D eigenvalue weighted by Crippen LogP contribution is -2.15. The highest BCUT2D eigenvalue weighted by molar-refractivity contribution is 7.70. The minimum atomic E-state index is -2.45. The van der Waals surface area contributed by atoms with Gasteiger partial charge in [0.25, 0.3) is 0 Å². The summed E-state index contributed by atoms with van der Waals surface area (Å²) in [4.78, 5) is 11.7. The van der Waals surface area contributed by atoms with E-state index in [1.54, 1.807) is 27.4 Å². The molecule has 140 valence electrons. The summed E-state index contributed by atoms with van der Waals surface area (Å²) in [6, 6.07) is 13.8. The summed E-state index contributed by atoms with van der Waals surface area (Å²) in [6.07, 6.45) is 1.86. The molecule has 0 aliphatic rings. The molecular weight excluding hydrogens is 347 g/mol. The molecule has 2 rings (SSSR count). The number of hydrogen-bond acceptors (Lipinski definition) is 4. The van der Waals surface area contributed by atoms with Crippen molar-refractivity contribution in [2.75, 3.05) is 27.0 Å². The van der Waals surface area contributed by atoms with Crippen LogP contribution in [0.25, 0.3) is 0 Å². The summed E-state index contributed by atoms with van der Waals surface area (Å²) in [5.41, 5.74) is 3.12. The second-order valence-electron chi connectivity index (χ2n) is 6.64. The van der Waals surface area contributed by atoms with Crippen molar-refractivity contribution in [3.8, 4) is 5.75 Å². The largest absolute Gasteiger partial charge is 0.497 e. The SMILES string of the molecule is CCOC(=O)Cc1ccc(CCc2ccc(OC)cc2)c(P(C)(C)=O)c1. The average molecular weight is 374 g/mol. The fourth-order valence-corrected chi connectivity index (χ4v) is 4.24. The van der Waals surface area contributed by atoms with Gasteiger partial charge in [-0.25, -0.2) is 0 Å². The zero-order valence-corrected chi connectivity index (χ0v) is 16.8. The topological polar surface area (TPSA) is 52.6 Å². The molecule has 0 radical (unpaired) electrons. The number of carbonyl (C=O) groups is 1. The first-order valence-electron chi connectivity index (χ1n) is 8.79. The highest BCUT2D eigenvalue weighted by Gasteiger charge is 2.17. The van der Waals surface area contributed by atoms with Gasteiger partial charge in [0.1, 0.15) is 12.9 Å². The third-order valence-corrected chi connectivity index (χ3v) is 5.80. The molecule has 26 heavy (non-hydrogen) atoms. The Bertz CT molecular complexity index is 790. The maximum absolute atomic E-state index is 12.8. The Morgan fingerprint density at radius 2 is 1.65 bits per heavy atom. The Morgan fingerprint density at radius 1 is 1.00 bits per heavy atom. The molecule has 0 N–H and O–H groups in total. The molecule has 0 amide bonds. The summed E-state index contributed by atoms with van der Waals surface area (Å²) in [5, 5.41) is 0.854. The van der Waals surface area contributed by atoms with Gasteiger partial charge in [0, 0.05) is 5.30 Å². The van der Waals surface area contributed by atoms with Gasteiger partial charge in [-0.05, 0) is 68.0 Å². The molecule has 0 aliphatic carbocycles.